The Kier molecular flexibility index (Phi) is 15.6. The molecule has 17 heteroatoms. The summed E-state index contributed by atoms with van der Waals surface area (Å²) in [5.41, 5.74) is 0.271. The van der Waals surface area contributed by atoms with Gasteiger partial charge in [0.15, 0.2) is 0 Å². The van der Waals surface area contributed by atoms with Crippen LogP contribution >= 0.6 is 35.1 Å². The summed E-state index contributed by atoms with van der Waals surface area (Å²) in [5, 5.41) is 19.5. The first-order valence-electron chi connectivity index (χ1n) is 19.0. The average molecular weight is 877 g/mol. The molecule has 0 spiro atoms. The van der Waals surface area contributed by atoms with Crippen LogP contribution in [0.2, 0.25) is 5.02 Å². The lowest BCUT2D eigenvalue weighted by Gasteiger charge is -2.32. The number of phenolic OH excluding ortho intramolecular Hbond substituents is 1. The van der Waals surface area contributed by atoms with E-state index in [9.17, 15) is 28.3 Å². The highest BCUT2D eigenvalue weighted by Crippen LogP contribution is 2.30. The van der Waals surface area contributed by atoms with Crippen LogP contribution in [-0.2, 0) is 0 Å². The third-order valence-corrected chi connectivity index (χ3v) is 11.3. The summed E-state index contributed by atoms with van der Waals surface area (Å²) in [6.07, 6.45) is 8.65. The number of likely N-dealkylation sites (tertiary alicyclic amines) is 1. The third-order valence-electron chi connectivity index (χ3n) is 9.62. The van der Waals surface area contributed by atoms with Crippen LogP contribution in [0.15, 0.2) is 101 Å². The highest BCUT2D eigenvalue weighted by atomic mass is 35.5. The van der Waals surface area contributed by atoms with Gasteiger partial charge >= 0.3 is 0 Å². The number of hydrogen-bond donors (Lipinski definition) is 4. The van der Waals surface area contributed by atoms with Gasteiger partial charge in [-0.05, 0) is 118 Å². The van der Waals surface area contributed by atoms with Crippen LogP contribution in [0.25, 0.3) is 0 Å². The van der Waals surface area contributed by atoms with Crippen molar-refractivity contribution in [3.63, 3.8) is 0 Å². The zero-order valence-electron chi connectivity index (χ0n) is 32.8. The number of carbonyl (C=O) groups excluding carboxylic acids is 3. The number of benzene rings is 3. The van der Waals surface area contributed by atoms with Gasteiger partial charge in [-0.1, -0.05) is 23.7 Å². The van der Waals surface area contributed by atoms with Crippen molar-refractivity contribution in [3.8, 4) is 29.0 Å². The molecule has 3 aromatic carbocycles. The molecule has 314 valence electrons. The van der Waals surface area contributed by atoms with Gasteiger partial charge in [0, 0.05) is 40.0 Å². The van der Waals surface area contributed by atoms with Gasteiger partial charge in [0.05, 0.1) is 18.0 Å². The quantitative estimate of drug-likeness (QED) is 0.0947. The third kappa shape index (κ3) is 12.1. The Labute approximate surface area is 359 Å². The minimum Gasteiger partial charge on any atom is -0.507 e. The van der Waals surface area contributed by atoms with Crippen molar-refractivity contribution < 1.29 is 37.7 Å². The van der Waals surface area contributed by atoms with E-state index in [1.165, 1.54) is 12.1 Å². The Morgan fingerprint density at radius 2 is 1.23 bits per heavy atom. The smallest absolute Gasteiger partial charge is 0.257 e. The number of rotatable bonds is 11. The second-order valence-corrected chi connectivity index (χ2v) is 16.0. The minimum absolute atomic E-state index is 0.00739. The van der Waals surface area contributed by atoms with Crippen molar-refractivity contribution in [2.45, 2.75) is 47.6 Å². The van der Waals surface area contributed by atoms with Gasteiger partial charge in [0.2, 0.25) is 11.8 Å². The van der Waals surface area contributed by atoms with E-state index in [1.807, 2.05) is 48.9 Å². The van der Waals surface area contributed by atoms with Gasteiger partial charge < -0.3 is 35.4 Å². The van der Waals surface area contributed by atoms with E-state index in [4.69, 9.17) is 21.1 Å². The zero-order valence-corrected chi connectivity index (χ0v) is 35.1. The zero-order chi connectivity index (χ0) is 42.6. The topological polar surface area (TPSA) is 155 Å². The molecule has 2 aliphatic heterocycles. The molecule has 12 nitrogen and oxygen atoms in total. The minimum atomic E-state index is -0.649. The lowest BCUT2D eigenvalue weighted by Crippen LogP contribution is -2.46. The molecule has 2 aromatic heterocycles. The number of phenols is 1. The molecule has 0 bridgehead atoms. The lowest BCUT2D eigenvalue weighted by atomic mass is 10.0. The Morgan fingerprint density at radius 1 is 0.733 bits per heavy atom. The largest absolute Gasteiger partial charge is 0.507 e. The molecule has 2 fully saturated rings. The summed E-state index contributed by atoms with van der Waals surface area (Å²) in [6.45, 7) is 2.49. The Balaban J connectivity index is 0.000000213. The number of nitrogens with one attached hydrogen (secondary N) is 3. The number of piperidine rings is 2. The van der Waals surface area contributed by atoms with E-state index < -0.39 is 17.5 Å². The van der Waals surface area contributed by atoms with Crippen LogP contribution in [0.3, 0.4) is 0 Å². The number of aromatic nitrogens is 2. The van der Waals surface area contributed by atoms with Gasteiger partial charge in [0.1, 0.15) is 40.0 Å². The first kappa shape index (κ1) is 44.1. The molecule has 0 aliphatic carbocycles. The monoisotopic (exact) mass is 876 g/mol. The average Bonchev–Trinajstić information content (AvgIpc) is 3.25. The molecule has 2 aliphatic rings. The summed E-state index contributed by atoms with van der Waals surface area (Å²) in [6, 6.07) is 21.2. The van der Waals surface area contributed by atoms with Crippen LogP contribution in [0.5, 0.6) is 29.0 Å². The van der Waals surface area contributed by atoms with Gasteiger partial charge in [0.25, 0.3) is 17.7 Å². The number of aromatic hydroxyl groups is 1. The molecular formula is C43H43ClF2N6O6S2. The van der Waals surface area contributed by atoms with Crippen molar-refractivity contribution >= 4 is 52.8 Å². The highest BCUT2D eigenvalue weighted by Gasteiger charge is 2.28. The molecule has 0 radical (unpaired) electrons. The molecule has 4 N–H and O–H groups in total. The molecular weight excluding hydrogens is 834 g/mol. The Hall–Kier alpha value is -5.42. The second kappa shape index (κ2) is 21.2. The SMILES string of the molecule is CSc1cccc(Oc2ncc(F)cc2C(=O)NC2CCN(C(=O)c3ccc(Cl)cc3O)CC2)c1.CSc1cccc(Oc2ncc(F)cc2C(=O)NC2CCNCC2)c1. The van der Waals surface area contributed by atoms with E-state index in [-0.39, 0.29) is 58.1 Å². The summed E-state index contributed by atoms with van der Waals surface area (Å²) >= 11 is 8.97. The van der Waals surface area contributed by atoms with Gasteiger partial charge in [-0.2, -0.15) is 0 Å². The molecule has 7 rings (SSSR count). The number of pyridine rings is 2. The van der Waals surface area contributed by atoms with Gasteiger partial charge in [-0.3, -0.25) is 14.4 Å². The van der Waals surface area contributed by atoms with Crippen LogP contribution < -0.4 is 25.4 Å². The number of nitrogens with zero attached hydrogens (tertiary/aromatic N) is 3. The molecule has 0 unspecified atom stereocenters. The molecule has 0 atom stereocenters. The fraction of sp³-hybridized carbons (Fsp3) is 0.279. The van der Waals surface area contributed by atoms with E-state index in [2.05, 4.69) is 25.9 Å². The number of amides is 3. The van der Waals surface area contributed by atoms with Crippen LogP contribution in [0.4, 0.5) is 8.78 Å². The molecule has 4 heterocycles. The molecule has 0 saturated carbocycles. The maximum absolute atomic E-state index is 13.9. The van der Waals surface area contributed by atoms with Gasteiger partial charge in [-0.15, -0.1) is 23.5 Å². The first-order valence-corrected chi connectivity index (χ1v) is 21.9. The Morgan fingerprint density at radius 3 is 1.72 bits per heavy atom. The number of thioether (sulfide) groups is 2. The maximum atomic E-state index is 13.9. The van der Waals surface area contributed by atoms with Crippen LogP contribution in [0, 0.1) is 11.6 Å². The van der Waals surface area contributed by atoms with E-state index in [0.29, 0.717) is 42.5 Å². The van der Waals surface area contributed by atoms with E-state index in [1.54, 1.807) is 46.6 Å². The summed E-state index contributed by atoms with van der Waals surface area (Å²) < 4.78 is 39.1. The van der Waals surface area contributed by atoms with Crippen molar-refractivity contribution in [2.24, 2.45) is 0 Å². The van der Waals surface area contributed by atoms with Gasteiger partial charge in [-0.25, -0.2) is 18.7 Å². The number of ether oxygens (including phenoxy) is 2. The van der Waals surface area contributed by atoms with Crippen LogP contribution in [-0.4, -0.2) is 88.5 Å². The van der Waals surface area contributed by atoms with Crippen molar-refractivity contribution in [1.82, 2.24) is 30.8 Å². The predicted octanol–water partition coefficient (Wildman–Crippen LogP) is 8.35. The number of carbonyl (C=O) groups is 3. The fourth-order valence-corrected chi connectivity index (χ4v) is 7.53. The standard InChI is InChI=1S/C25H23ClFN3O4S.C18H20FN3O2S/c1-35-19-4-2-3-18(13-19)34-24-21(12-16(27)14-28-24)23(32)29-17-7-9-30(10-8-17)25(33)20-6-5-15(26)11-22(20)31;1-25-15-4-2-3-14(10-15)24-18-16(9-12(19)11-21-18)17(23)22-13-5-7-20-8-6-13/h2-6,11-14,17,31H,7-10H2,1H3,(H,29,32);2-4,9-11,13,20H,5-8H2,1H3,(H,22,23). The second-order valence-electron chi connectivity index (χ2n) is 13.8. The van der Waals surface area contributed by atoms with E-state index in [0.717, 1.165) is 60.2 Å². The molecule has 3 amide bonds. The fourth-order valence-electron chi connectivity index (χ4n) is 6.47. The Bertz CT molecular complexity index is 2310. The molecule has 60 heavy (non-hydrogen) atoms. The van der Waals surface area contributed by atoms with Crippen molar-refractivity contribution in [3.05, 3.63) is 125 Å². The van der Waals surface area contributed by atoms with Crippen molar-refractivity contribution in [2.75, 3.05) is 38.7 Å². The lowest BCUT2D eigenvalue weighted by molar-refractivity contribution is 0.0694. The summed E-state index contributed by atoms with van der Waals surface area (Å²) in [7, 11) is 0. The molecule has 5 aromatic rings. The van der Waals surface area contributed by atoms with E-state index >= 15 is 0 Å². The first-order chi connectivity index (χ1) is 29.0. The highest BCUT2D eigenvalue weighted by molar-refractivity contribution is 7.98. The van der Waals surface area contributed by atoms with Crippen LogP contribution in [0.1, 0.15) is 56.8 Å². The number of hydrogen-bond acceptors (Lipinski definition) is 11. The predicted molar refractivity (Wildman–Crippen MR) is 228 cm³/mol. The summed E-state index contributed by atoms with van der Waals surface area (Å²) in [4.78, 5) is 49.9. The normalized spacial score (nSPS) is 14.4. The molecule has 2 saturated heterocycles. The summed E-state index contributed by atoms with van der Waals surface area (Å²) in [5.74, 6) is -1.41. The van der Waals surface area contributed by atoms with Crippen molar-refractivity contribution in [1.29, 1.82) is 0 Å². The number of halogens is 3. The maximum Gasteiger partial charge on any atom is 0.257 e.